The lowest BCUT2D eigenvalue weighted by Gasteiger charge is -2.07. The van der Waals surface area contributed by atoms with Gasteiger partial charge in [-0.3, -0.25) is 4.79 Å². The minimum atomic E-state index is -0.941. The third-order valence-corrected chi connectivity index (χ3v) is 3.54. The summed E-state index contributed by atoms with van der Waals surface area (Å²) in [5, 5.41) is 11.9. The first-order valence-electron chi connectivity index (χ1n) is 7.66. The van der Waals surface area contributed by atoms with E-state index >= 15 is 0 Å². The fraction of sp³-hybridized carbons (Fsp3) is 0.278. The van der Waals surface area contributed by atoms with Crippen LogP contribution < -0.4 is 10.1 Å². The van der Waals surface area contributed by atoms with Gasteiger partial charge in [-0.15, -0.1) is 0 Å². The van der Waals surface area contributed by atoms with Crippen LogP contribution in [0.5, 0.6) is 5.75 Å². The summed E-state index contributed by atoms with van der Waals surface area (Å²) >= 11 is 2.83. The molecule has 0 unspecified atom stereocenters. The van der Waals surface area contributed by atoms with Crippen molar-refractivity contribution in [2.45, 2.75) is 19.3 Å². The van der Waals surface area contributed by atoms with E-state index in [-0.39, 0.29) is 12.8 Å². The van der Waals surface area contributed by atoms with Crippen molar-refractivity contribution >= 4 is 18.5 Å². The average molecular weight is 365 g/mol. The molecule has 7 heteroatoms. The van der Waals surface area contributed by atoms with Crippen molar-refractivity contribution in [3.8, 4) is 5.75 Å². The highest BCUT2D eigenvalue weighted by Gasteiger charge is 2.11. The van der Waals surface area contributed by atoms with Crippen LogP contribution in [0.25, 0.3) is 0 Å². The lowest BCUT2D eigenvalue weighted by atomic mass is 10.1. The summed E-state index contributed by atoms with van der Waals surface area (Å²) in [7, 11) is 0. The molecule has 2 rings (SSSR count). The Morgan fingerprint density at radius 2 is 2.20 bits per heavy atom. The first-order chi connectivity index (χ1) is 12.1. The zero-order chi connectivity index (χ0) is 18.7. The van der Waals surface area contributed by atoms with Crippen molar-refractivity contribution in [3.63, 3.8) is 0 Å². The molecule has 0 aromatic heterocycles. The molecule has 1 aliphatic rings. The minimum absolute atomic E-state index is 0.0900. The third-order valence-electron chi connectivity index (χ3n) is 3.54. The predicted octanol–water partition coefficient (Wildman–Crippen LogP) is 2.88. The van der Waals surface area contributed by atoms with Crippen LogP contribution in [0.4, 0.5) is 4.39 Å². The molecule has 134 valence electrons. The van der Waals surface area contributed by atoms with Gasteiger partial charge in [0.1, 0.15) is 18.2 Å². The van der Waals surface area contributed by atoms with Gasteiger partial charge in [-0.2, -0.15) is 4.21 Å². The Labute approximate surface area is 151 Å². The maximum Gasteiger partial charge on any atom is 0.303 e. The zero-order valence-electron chi connectivity index (χ0n) is 13.7. The number of benzene rings is 1. The first kappa shape index (κ1) is 20.5. The number of hydrogen-bond donors (Lipinski definition) is 2. The molecule has 1 aliphatic heterocycles. The molecule has 1 aromatic carbocycles. The van der Waals surface area contributed by atoms with Gasteiger partial charge < -0.3 is 15.2 Å². The van der Waals surface area contributed by atoms with E-state index in [1.165, 1.54) is 11.6 Å². The van der Waals surface area contributed by atoms with Crippen molar-refractivity contribution in [1.82, 2.24) is 5.32 Å². The summed E-state index contributed by atoms with van der Waals surface area (Å²) in [5.41, 5.74) is 2.58. The highest BCUT2D eigenvalue weighted by Crippen LogP contribution is 2.20. The van der Waals surface area contributed by atoms with Gasteiger partial charge in [0.25, 0.3) is 0 Å². The number of aryl methyl sites for hydroxylation is 1. The summed E-state index contributed by atoms with van der Waals surface area (Å²) in [6.07, 6.45) is 6.66. The number of carbonyl (C=O) groups is 1. The molecule has 1 heterocycles. The largest absolute Gasteiger partial charge is 0.489 e. The number of rotatable bonds is 7. The van der Waals surface area contributed by atoms with E-state index in [4.69, 9.17) is 14.1 Å². The second kappa shape index (κ2) is 11.1. The van der Waals surface area contributed by atoms with Gasteiger partial charge in [-0.25, -0.2) is 4.39 Å². The standard InChI is InChI=1S/C18H20FNO3.OS/c1-2-3-14-8-10-20-17(14)9-11-23-15-6-4-13(16(19)12-15)5-7-18(21)22;1-2/h2-4,6,9,12,20H,1,5,7-8,10-11H2,(H,21,22);/b14-3-,17-9-;. The van der Waals surface area contributed by atoms with Crippen molar-refractivity contribution < 1.29 is 23.2 Å². The number of carboxylic acid groups (broad SMARTS) is 1. The Bertz CT molecular complexity index is 673. The van der Waals surface area contributed by atoms with Crippen LogP contribution in [-0.2, 0) is 23.7 Å². The average Bonchev–Trinajstić information content (AvgIpc) is 3.03. The molecular formula is C18H20FNO4S. The van der Waals surface area contributed by atoms with E-state index in [0.717, 1.165) is 18.7 Å². The molecule has 0 aliphatic carbocycles. The van der Waals surface area contributed by atoms with Crippen molar-refractivity contribution in [2.24, 2.45) is 0 Å². The van der Waals surface area contributed by atoms with E-state index in [2.05, 4.69) is 24.4 Å². The monoisotopic (exact) mass is 365 g/mol. The number of hydrogen-bond acceptors (Lipinski definition) is 5. The number of nitrogens with one attached hydrogen (secondary N) is 1. The van der Waals surface area contributed by atoms with Crippen molar-refractivity contribution in [3.05, 3.63) is 65.7 Å². The van der Waals surface area contributed by atoms with E-state index in [1.54, 1.807) is 18.2 Å². The first-order valence-corrected chi connectivity index (χ1v) is 7.99. The molecule has 0 bridgehead atoms. The highest BCUT2D eigenvalue weighted by molar-refractivity contribution is 7.44. The Hall–Kier alpha value is -2.54. The van der Waals surface area contributed by atoms with Gasteiger partial charge in [0.05, 0.1) is 0 Å². The van der Waals surface area contributed by atoms with Crippen LogP contribution in [0.15, 0.2) is 54.3 Å². The Balaban J connectivity index is 0.00000151. The Morgan fingerprint density at radius 1 is 1.44 bits per heavy atom. The highest BCUT2D eigenvalue weighted by atomic mass is 32.1. The lowest BCUT2D eigenvalue weighted by molar-refractivity contribution is -0.136. The summed E-state index contributed by atoms with van der Waals surface area (Å²) in [6.45, 7) is 4.90. The minimum Gasteiger partial charge on any atom is -0.489 e. The molecule has 1 fully saturated rings. The van der Waals surface area contributed by atoms with Gasteiger partial charge in [-0.1, -0.05) is 24.8 Å². The van der Waals surface area contributed by atoms with Gasteiger partial charge in [0.15, 0.2) is 12.5 Å². The van der Waals surface area contributed by atoms with Crippen LogP contribution in [0.2, 0.25) is 0 Å². The van der Waals surface area contributed by atoms with Crippen LogP contribution in [-0.4, -0.2) is 28.4 Å². The number of allylic oxidation sites excluding steroid dienone is 3. The van der Waals surface area contributed by atoms with Gasteiger partial charge in [0, 0.05) is 24.7 Å². The quantitative estimate of drug-likeness (QED) is 0.774. The van der Waals surface area contributed by atoms with E-state index in [9.17, 15) is 9.18 Å². The molecule has 1 aromatic rings. The van der Waals surface area contributed by atoms with Crippen molar-refractivity contribution in [1.29, 1.82) is 0 Å². The summed E-state index contributed by atoms with van der Waals surface area (Å²) in [5.74, 6) is -0.961. The van der Waals surface area contributed by atoms with Crippen LogP contribution in [0.1, 0.15) is 18.4 Å². The smallest absolute Gasteiger partial charge is 0.303 e. The van der Waals surface area contributed by atoms with Gasteiger partial charge in [0.2, 0.25) is 0 Å². The maximum absolute atomic E-state index is 13.9. The predicted molar refractivity (Wildman–Crippen MR) is 95.0 cm³/mol. The van der Waals surface area contributed by atoms with Crippen LogP contribution in [0.3, 0.4) is 0 Å². The molecule has 0 atom stereocenters. The number of carboxylic acids is 1. The van der Waals surface area contributed by atoms with Gasteiger partial charge >= 0.3 is 5.97 Å². The lowest BCUT2D eigenvalue weighted by Crippen LogP contribution is -2.06. The second-order valence-electron chi connectivity index (χ2n) is 5.18. The van der Waals surface area contributed by atoms with Crippen LogP contribution in [0, 0.1) is 5.82 Å². The fourth-order valence-corrected chi connectivity index (χ4v) is 2.38. The number of halogens is 1. The molecule has 5 nitrogen and oxygen atoms in total. The Morgan fingerprint density at radius 3 is 2.84 bits per heavy atom. The fourth-order valence-electron chi connectivity index (χ4n) is 2.38. The molecule has 0 saturated carbocycles. The zero-order valence-corrected chi connectivity index (χ0v) is 14.5. The molecule has 0 amide bonds. The maximum atomic E-state index is 13.9. The normalized spacial score (nSPS) is 16.0. The molecule has 2 N–H and O–H groups in total. The molecular weight excluding hydrogens is 345 g/mol. The van der Waals surface area contributed by atoms with Crippen LogP contribution >= 0.6 is 0 Å². The molecule has 0 spiro atoms. The molecule has 1 saturated heterocycles. The summed E-state index contributed by atoms with van der Waals surface area (Å²) < 4.78 is 27.2. The third kappa shape index (κ3) is 6.84. The van der Waals surface area contributed by atoms with Crippen molar-refractivity contribution in [2.75, 3.05) is 13.2 Å². The number of aliphatic carboxylic acids is 1. The topological polar surface area (TPSA) is 75.6 Å². The molecule has 0 radical (unpaired) electrons. The summed E-state index contributed by atoms with van der Waals surface area (Å²) in [4.78, 5) is 10.5. The second-order valence-corrected chi connectivity index (χ2v) is 5.18. The van der Waals surface area contributed by atoms with E-state index < -0.39 is 11.8 Å². The number of ether oxygens (including phenoxy) is 1. The van der Waals surface area contributed by atoms with E-state index in [0.29, 0.717) is 17.9 Å². The molecule has 25 heavy (non-hydrogen) atoms. The Kier molecular flexibility index (Phi) is 9.10. The SMILES string of the molecule is C=C/C=C1/CCN/C1=C\COc1ccc(CCC(=O)O)c(F)c1.O=S. The van der Waals surface area contributed by atoms with Gasteiger partial charge in [-0.05, 0) is 36.1 Å². The van der Waals surface area contributed by atoms with E-state index in [1.807, 2.05) is 12.2 Å². The summed E-state index contributed by atoms with van der Waals surface area (Å²) in [6, 6.07) is 4.51.